The van der Waals surface area contributed by atoms with Crippen LogP contribution >= 0.6 is 0 Å². The van der Waals surface area contributed by atoms with E-state index in [9.17, 15) is 4.79 Å². The highest BCUT2D eigenvalue weighted by molar-refractivity contribution is 5.89. The van der Waals surface area contributed by atoms with Gasteiger partial charge in [0.15, 0.2) is 0 Å². The number of ether oxygens (including phenoxy) is 2. The van der Waals surface area contributed by atoms with E-state index < -0.39 is 0 Å². The summed E-state index contributed by atoms with van der Waals surface area (Å²) in [4.78, 5) is 11.2. The molecule has 0 unspecified atom stereocenters. The number of methoxy groups -OCH3 is 1. The van der Waals surface area contributed by atoms with Gasteiger partial charge in [-0.2, -0.15) is 0 Å². The molecule has 0 bridgehead atoms. The summed E-state index contributed by atoms with van der Waals surface area (Å²) in [6.45, 7) is 2.05. The van der Waals surface area contributed by atoms with Crippen LogP contribution in [0.5, 0.6) is 11.5 Å². The Morgan fingerprint density at radius 2 is 2.15 bits per heavy atom. The van der Waals surface area contributed by atoms with Crippen LogP contribution in [0.15, 0.2) is 30.3 Å². The van der Waals surface area contributed by atoms with Crippen molar-refractivity contribution in [1.82, 2.24) is 5.32 Å². The van der Waals surface area contributed by atoms with Gasteiger partial charge in [0.05, 0.1) is 13.2 Å². The van der Waals surface area contributed by atoms with Crippen molar-refractivity contribution in [2.45, 2.75) is 19.4 Å². The van der Waals surface area contributed by atoms with Crippen molar-refractivity contribution in [3.05, 3.63) is 35.9 Å². The molecule has 0 radical (unpaired) electrons. The fourth-order valence-corrected chi connectivity index (χ4v) is 2.69. The second-order valence-corrected chi connectivity index (χ2v) is 5.04. The number of hydrogen-bond donors (Lipinski definition) is 1. The zero-order chi connectivity index (χ0) is 14.1. The lowest BCUT2D eigenvalue weighted by atomic mass is 9.96. The number of benzene rings is 2. The minimum absolute atomic E-state index is 0.0248. The Hall–Kier alpha value is -2.23. The maximum absolute atomic E-state index is 11.2. The first-order valence-electron chi connectivity index (χ1n) is 6.67. The molecule has 4 nitrogen and oxygen atoms in total. The van der Waals surface area contributed by atoms with Crippen LogP contribution in [0.3, 0.4) is 0 Å². The molecule has 1 aliphatic rings. The largest absolute Gasteiger partial charge is 0.497 e. The number of rotatable bonds is 2. The van der Waals surface area contributed by atoms with Crippen LogP contribution < -0.4 is 14.8 Å². The van der Waals surface area contributed by atoms with Crippen LogP contribution in [0, 0.1) is 0 Å². The zero-order valence-electron chi connectivity index (χ0n) is 11.6. The lowest BCUT2D eigenvalue weighted by Gasteiger charge is -2.27. The first-order chi connectivity index (χ1) is 9.67. The van der Waals surface area contributed by atoms with Gasteiger partial charge in [0.1, 0.15) is 18.1 Å². The fourth-order valence-electron chi connectivity index (χ4n) is 2.69. The van der Waals surface area contributed by atoms with Gasteiger partial charge < -0.3 is 14.8 Å². The molecule has 0 fully saturated rings. The van der Waals surface area contributed by atoms with E-state index >= 15 is 0 Å². The monoisotopic (exact) mass is 271 g/mol. The number of fused-ring (bicyclic) bond motifs is 3. The van der Waals surface area contributed by atoms with Gasteiger partial charge in [-0.1, -0.05) is 12.1 Å². The van der Waals surface area contributed by atoms with E-state index in [1.807, 2.05) is 30.3 Å². The molecule has 2 aromatic rings. The van der Waals surface area contributed by atoms with Crippen molar-refractivity contribution in [2.75, 3.05) is 13.7 Å². The predicted molar refractivity (Wildman–Crippen MR) is 77.3 cm³/mol. The van der Waals surface area contributed by atoms with E-state index in [4.69, 9.17) is 9.47 Å². The summed E-state index contributed by atoms with van der Waals surface area (Å²) in [5.74, 6) is 1.69. The Balaban J connectivity index is 2.04. The van der Waals surface area contributed by atoms with Crippen LogP contribution in [0.25, 0.3) is 10.8 Å². The molecule has 1 amide bonds. The SMILES string of the molecule is COc1ccc2ccc3c(c2c1)C[C@@H](NC(C)=O)CO3. The number of hydrogen-bond acceptors (Lipinski definition) is 3. The van der Waals surface area contributed by atoms with E-state index in [1.54, 1.807) is 7.11 Å². The third-order valence-electron chi connectivity index (χ3n) is 3.60. The van der Waals surface area contributed by atoms with Crippen molar-refractivity contribution in [3.8, 4) is 11.5 Å². The van der Waals surface area contributed by atoms with Crippen LogP contribution in [0.2, 0.25) is 0 Å². The van der Waals surface area contributed by atoms with E-state index in [-0.39, 0.29) is 11.9 Å². The Morgan fingerprint density at radius 1 is 1.35 bits per heavy atom. The lowest BCUT2D eigenvalue weighted by Crippen LogP contribution is -2.41. The van der Waals surface area contributed by atoms with Crippen molar-refractivity contribution < 1.29 is 14.3 Å². The predicted octanol–water partition coefficient (Wildman–Crippen LogP) is 2.29. The normalized spacial score (nSPS) is 17.2. The summed E-state index contributed by atoms with van der Waals surface area (Å²) in [5.41, 5.74) is 1.13. The summed E-state index contributed by atoms with van der Waals surface area (Å²) in [5, 5.41) is 5.19. The molecular weight excluding hydrogens is 254 g/mol. The maximum Gasteiger partial charge on any atom is 0.217 e. The van der Waals surface area contributed by atoms with Crippen molar-refractivity contribution in [2.24, 2.45) is 0 Å². The standard InChI is InChI=1S/C16H17NO3/c1-10(18)17-12-7-15-14-8-13(19-2)5-3-11(14)4-6-16(15)20-9-12/h3-6,8,12H,7,9H2,1-2H3,(H,17,18)/t12-/m1/s1. The third-order valence-corrected chi connectivity index (χ3v) is 3.60. The van der Waals surface area contributed by atoms with Gasteiger partial charge in [0, 0.05) is 18.9 Å². The van der Waals surface area contributed by atoms with Crippen LogP contribution in [-0.4, -0.2) is 25.7 Å². The molecule has 0 aliphatic carbocycles. The summed E-state index contributed by atoms with van der Waals surface area (Å²) >= 11 is 0. The summed E-state index contributed by atoms with van der Waals surface area (Å²) in [7, 11) is 1.66. The zero-order valence-corrected chi connectivity index (χ0v) is 11.6. The molecule has 104 valence electrons. The first kappa shape index (κ1) is 12.8. The Bertz CT molecular complexity index is 661. The van der Waals surface area contributed by atoms with E-state index in [2.05, 4.69) is 5.32 Å². The molecule has 2 aromatic carbocycles. The Kier molecular flexibility index (Phi) is 3.22. The van der Waals surface area contributed by atoms with E-state index in [0.29, 0.717) is 6.61 Å². The Labute approximate surface area is 117 Å². The maximum atomic E-state index is 11.2. The van der Waals surface area contributed by atoms with E-state index in [1.165, 1.54) is 6.92 Å². The average Bonchev–Trinajstić information content (AvgIpc) is 2.46. The molecule has 3 rings (SSSR count). The minimum Gasteiger partial charge on any atom is -0.497 e. The van der Waals surface area contributed by atoms with Crippen LogP contribution in [0.4, 0.5) is 0 Å². The molecule has 1 atom stereocenters. The minimum atomic E-state index is -0.0279. The van der Waals surface area contributed by atoms with Crippen LogP contribution in [0.1, 0.15) is 12.5 Å². The lowest BCUT2D eigenvalue weighted by molar-refractivity contribution is -0.119. The fraction of sp³-hybridized carbons (Fsp3) is 0.312. The molecule has 0 saturated carbocycles. The molecule has 1 N–H and O–H groups in total. The van der Waals surface area contributed by atoms with Gasteiger partial charge in [-0.3, -0.25) is 4.79 Å². The quantitative estimate of drug-likeness (QED) is 0.911. The summed E-state index contributed by atoms with van der Waals surface area (Å²) < 4.78 is 11.1. The summed E-state index contributed by atoms with van der Waals surface area (Å²) in [6.07, 6.45) is 0.777. The molecule has 1 heterocycles. The smallest absolute Gasteiger partial charge is 0.217 e. The molecule has 20 heavy (non-hydrogen) atoms. The summed E-state index contributed by atoms with van der Waals surface area (Å²) in [6, 6.07) is 10.1. The van der Waals surface area contributed by atoms with Crippen molar-refractivity contribution in [3.63, 3.8) is 0 Å². The average molecular weight is 271 g/mol. The van der Waals surface area contributed by atoms with E-state index in [0.717, 1.165) is 34.3 Å². The topological polar surface area (TPSA) is 47.6 Å². The number of amides is 1. The number of nitrogens with one attached hydrogen (secondary N) is 1. The molecule has 4 heteroatoms. The third kappa shape index (κ3) is 2.29. The number of carbonyl (C=O) groups is 1. The van der Waals surface area contributed by atoms with Gasteiger partial charge >= 0.3 is 0 Å². The Morgan fingerprint density at radius 3 is 2.90 bits per heavy atom. The highest BCUT2D eigenvalue weighted by Crippen LogP contribution is 2.34. The van der Waals surface area contributed by atoms with Crippen LogP contribution in [-0.2, 0) is 11.2 Å². The van der Waals surface area contributed by atoms with Crippen molar-refractivity contribution in [1.29, 1.82) is 0 Å². The molecule has 1 aliphatic heterocycles. The molecule has 0 saturated heterocycles. The van der Waals surface area contributed by atoms with Gasteiger partial charge in [0.25, 0.3) is 0 Å². The highest BCUT2D eigenvalue weighted by Gasteiger charge is 2.22. The molecule has 0 aromatic heterocycles. The second kappa shape index (κ2) is 5.04. The highest BCUT2D eigenvalue weighted by atomic mass is 16.5. The van der Waals surface area contributed by atoms with Gasteiger partial charge in [-0.15, -0.1) is 0 Å². The van der Waals surface area contributed by atoms with Crippen molar-refractivity contribution >= 4 is 16.7 Å². The number of carbonyl (C=O) groups excluding carboxylic acids is 1. The first-order valence-corrected chi connectivity index (χ1v) is 6.67. The van der Waals surface area contributed by atoms with Gasteiger partial charge in [-0.25, -0.2) is 0 Å². The molecular formula is C16H17NO3. The second-order valence-electron chi connectivity index (χ2n) is 5.04. The molecule has 0 spiro atoms. The van der Waals surface area contributed by atoms with Gasteiger partial charge in [0.2, 0.25) is 5.91 Å². The van der Waals surface area contributed by atoms with Gasteiger partial charge in [-0.05, 0) is 29.0 Å².